The highest BCUT2D eigenvalue weighted by Gasteiger charge is 2.31. The lowest BCUT2D eigenvalue weighted by molar-refractivity contribution is -0.469. The van der Waals surface area contributed by atoms with E-state index in [1.807, 2.05) is 35.4 Å². The fourth-order valence-electron chi connectivity index (χ4n) is 5.92. The van der Waals surface area contributed by atoms with Crippen LogP contribution in [0.4, 0.5) is 5.69 Å². The van der Waals surface area contributed by atoms with Crippen LogP contribution >= 0.6 is 0 Å². The second-order valence-electron chi connectivity index (χ2n) is 12.6. The van der Waals surface area contributed by atoms with E-state index in [0.717, 1.165) is 36.4 Å². The first kappa shape index (κ1) is 37.6. The fraction of sp³-hybridized carbons (Fsp3) is 0.579. The smallest absolute Gasteiger partial charge is 0.224 e. The quantitative estimate of drug-likeness (QED) is 0.202. The number of nitrogens with zero attached hydrogens (tertiary/aromatic N) is 1. The Morgan fingerprint density at radius 3 is 2.16 bits per heavy atom. The number of carbonyl (C=O) groups excluding carboxylic acids is 1. The monoisotopic (exact) mass is 668 g/mol. The Morgan fingerprint density at radius 2 is 1.55 bits per heavy atom. The summed E-state index contributed by atoms with van der Waals surface area (Å²) in [5.41, 5.74) is 4.56. The standard InChI is InChI=1S/C38H56N2O3.BrH/c1-6-7-8-9-10-11-12-13-14-15-16-17-25-43-36-22-21-34(27-37(36)42-5)29-40(32(3)41)35-20-18-19-33(26-35)28-38(4)30-39-24-23-31(38)2;/h18-24,26-27H,6-17,25,28-30H2,1-5H3;1H. The van der Waals surface area contributed by atoms with Gasteiger partial charge in [-0.15, -0.1) is 0 Å². The van der Waals surface area contributed by atoms with E-state index in [2.05, 4.69) is 50.0 Å². The van der Waals surface area contributed by atoms with Gasteiger partial charge in [-0.3, -0.25) is 4.79 Å². The molecule has 1 amide bonds. The van der Waals surface area contributed by atoms with Crippen molar-refractivity contribution < 1.29 is 36.2 Å². The first-order valence-electron chi connectivity index (χ1n) is 16.8. The summed E-state index contributed by atoms with van der Waals surface area (Å²) in [7, 11) is 1.68. The van der Waals surface area contributed by atoms with Gasteiger partial charge in [0, 0.05) is 18.7 Å². The van der Waals surface area contributed by atoms with Gasteiger partial charge in [0.25, 0.3) is 0 Å². The summed E-state index contributed by atoms with van der Waals surface area (Å²) in [5, 5.41) is 0. The third kappa shape index (κ3) is 12.4. The topological polar surface area (TPSA) is 52.7 Å². The molecule has 0 spiro atoms. The zero-order valence-corrected chi connectivity index (χ0v) is 29.6. The van der Waals surface area contributed by atoms with Crippen molar-refractivity contribution >= 4 is 17.8 Å². The first-order valence-corrected chi connectivity index (χ1v) is 16.8. The molecule has 0 saturated carbocycles. The first-order chi connectivity index (χ1) is 20.9. The number of unbranched alkanes of at least 4 members (excludes halogenated alkanes) is 11. The number of amides is 1. The summed E-state index contributed by atoms with van der Waals surface area (Å²) < 4.78 is 11.8. The van der Waals surface area contributed by atoms with Crippen LogP contribution in [0.5, 0.6) is 11.5 Å². The van der Waals surface area contributed by atoms with Gasteiger partial charge >= 0.3 is 0 Å². The highest BCUT2D eigenvalue weighted by molar-refractivity contribution is 5.91. The summed E-state index contributed by atoms with van der Waals surface area (Å²) >= 11 is 0. The van der Waals surface area contributed by atoms with E-state index >= 15 is 0 Å². The van der Waals surface area contributed by atoms with Gasteiger partial charge in [0.15, 0.2) is 17.7 Å². The van der Waals surface area contributed by atoms with Crippen LogP contribution in [-0.4, -0.2) is 32.4 Å². The summed E-state index contributed by atoms with van der Waals surface area (Å²) in [4.78, 5) is 18.0. The number of nitrogens with one attached hydrogen (secondary N) is 1. The third-order valence-electron chi connectivity index (χ3n) is 8.92. The Hall–Kier alpha value is -2.60. The van der Waals surface area contributed by atoms with Crippen LogP contribution < -0.4 is 36.3 Å². The lowest BCUT2D eigenvalue weighted by atomic mass is 9.76. The van der Waals surface area contributed by atoms with Crippen LogP contribution in [0.3, 0.4) is 0 Å². The Kier molecular flexibility index (Phi) is 17.5. The van der Waals surface area contributed by atoms with Gasteiger partial charge in [-0.25, -0.2) is 4.99 Å². The predicted octanol–water partition coefficient (Wildman–Crippen LogP) is 4.99. The fourth-order valence-corrected chi connectivity index (χ4v) is 5.92. The SMILES string of the molecule is CCCCCCCCCCCCCCOc1ccc(CN(C(C)=O)c2cccc(CC3(C)C[NH+]=CC=C3C)c2)cc1OC.[Br-]. The minimum atomic E-state index is 0. The molecule has 2 aromatic carbocycles. The number of benzene rings is 2. The number of rotatable bonds is 20. The highest BCUT2D eigenvalue weighted by atomic mass is 79.9. The molecule has 1 aliphatic heterocycles. The van der Waals surface area contributed by atoms with E-state index in [9.17, 15) is 4.79 Å². The second kappa shape index (κ2) is 20.4. The predicted molar refractivity (Wildman–Crippen MR) is 180 cm³/mol. The average Bonchev–Trinajstić information content (AvgIpc) is 3.00. The molecule has 0 aromatic heterocycles. The molecule has 244 valence electrons. The molecule has 1 aliphatic rings. The zero-order valence-electron chi connectivity index (χ0n) is 28.1. The van der Waals surface area contributed by atoms with Crippen LogP contribution in [0, 0.1) is 5.41 Å². The summed E-state index contributed by atoms with van der Waals surface area (Å²) in [6.07, 6.45) is 21.0. The molecule has 0 bridgehead atoms. The lowest BCUT2D eigenvalue weighted by Crippen LogP contribution is -3.00. The maximum atomic E-state index is 12.8. The van der Waals surface area contributed by atoms with Gasteiger partial charge in [0.2, 0.25) is 5.91 Å². The van der Waals surface area contributed by atoms with Crippen molar-refractivity contribution in [1.29, 1.82) is 0 Å². The number of hydrogen-bond donors (Lipinski definition) is 1. The average molecular weight is 670 g/mol. The normalized spacial score (nSPS) is 15.8. The van der Waals surface area contributed by atoms with Gasteiger partial charge in [-0.05, 0) is 62.1 Å². The molecule has 0 fully saturated rings. The molecule has 5 nitrogen and oxygen atoms in total. The molecule has 44 heavy (non-hydrogen) atoms. The van der Waals surface area contributed by atoms with Gasteiger partial charge in [-0.2, -0.15) is 0 Å². The van der Waals surface area contributed by atoms with E-state index in [-0.39, 0.29) is 28.3 Å². The van der Waals surface area contributed by atoms with Gasteiger partial charge < -0.3 is 31.4 Å². The van der Waals surface area contributed by atoms with Crippen LogP contribution in [-0.2, 0) is 17.8 Å². The molecular weight excluding hydrogens is 612 g/mol. The van der Waals surface area contributed by atoms with Crippen molar-refractivity contribution in [1.82, 2.24) is 0 Å². The minimum Gasteiger partial charge on any atom is -1.00 e. The molecule has 1 atom stereocenters. The van der Waals surface area contributed by atoms with Crippen molar-refractivity contribution in [3.8, 4) is 11.5 Å². The van der Waals surface area contributed by atoms with E-state index in [1.54, 1.807) is 14.0 Å². The molecule has 2 aromatic rings. The number of allylic oxidation sites excluding steroid dienone is 1. The molecule has 1 heterocycles. The molecule has 1 N–H and O–H groups in total. The van der Waals surface area contributed by atoms with E-state index in [0.29, 0.717) is 18.9 Å². The lowest BCUT2D eigenvalue weighted by Gasteiger charge is -2.29. The molecule has 0 radical (unpaired) electrons. The Bertz CT molecular complexity index is 1190. The highest BCUT2D eigenvalue weighted by Crippen LogP contribution is 2.33. The number of carbonyl (C=O) groups is 1. The maximum absolute atomic E-state index is 12.8. The van der Waals surface area contributed by atoms with E-state index < -0.39 is 0 Å². The molecule has 6 heteroatoms. The van der Waals surface area contributed by atoms with E-state index in [1.165, 1.54) is 81.8 Å². The van der Waals surface area contributed by atoms with Crippen LogP contribution in [0.15, 0.2) is 54.1 Å². The van der Waals surface area contributed by atoms with Gasteiger partial charge in [0.1, 0.15) is 6.54 Å². The van der Waals surface area contributed by atoms with Crippen LogP contribution in [0.25, 0.3) is 0 Å². The molecule has 1 unspecified atom stereocenters. The van der Waals surface area contributed by atoms with Crippen LogP contribution in [0.2, 0.25) is 0 Å². The number of halogens is 1. The van der Waals surface area contributed by atoms with Crippen molar-refractivity contribution in [3.63, 3.8) is 0 Å². The van der Waals surface area contributed by atoms with Crippen LogP contribution in [0.1, 0.15) is 116 Å². The summed E-state index contributed by atoms with van der Waals surface area (Å²) in [6, 6.07) is 14.4. The summed E-state index contributed by atoms with van der Waals surface area (Å²) in [6.45, 7) is 10.5. The molecule has 0 aliphatic carbocycles. The Balaban J connectivity index is 0.00000675. The van der Waals surface area contributed by atoms with Crippen molar-refractivity contribution in [3.05, 3.63) is 65.2 Å². The Morgan fingerprint density at radius 1 is 0.886 bits per heavy atom. The number of methoxy groups -OCH3 is 1. The molecule has 3 rings (SSSR count). The third-order valence-corrected chi connectivity index (χ3v) is 8.92. The van der Waals surface area contributed by atoms with Gasteiger partial charge in [0.05, 0.1) is 25.7 Å². The number of anilines is 1. The molecule has 0 saturated heterocycles. The zero-order chi connectivity index (χ0) is 30.9. The summed E-state index contributed by atoms with van der Waals surface area (Å²) in [5.74, 6) is 1.49. The van der Waals surface area contributed by atoms with Gasteiger partial charge in [-0.1, -0.05) is 101 Å². The second-order valence-corrected chi connectivity index (χ2v) is 12.6. The Labute approximate surface area is 278 Å². The van der Waals surface area contributed by atoms with Crippen molar-refractivity contribution in [2.75, 3.05) is 25.2 Å². The van der Waals surface area contributed by atoms with E-state index in [4.69, 9.17) is 9.47 Å². The molecular formula is C38H57BrN2O3. The maximum Gasteiger partial charge on any atom is 0.224 e. The number of ether oxygens (including phenoxy) is 2. The van der Waals surface area contributed by atoms with Crippen molar-refractivity contribution in [2.24, 2.45) is 5.41 Å². The number of hydrogen-bond acceptors (Lipinski definition) is 3. The minimum absolute atomic E-state index is 0. The van der Waals surface area contributed by atoms with Crippen molar-refractivity contribution in [2.45, 2.75) is 118 Å². The largest absolute Gasteiger partial charge is 1.00 e.